The molecule has 5 rings (SSSR count). The third-order valence-electron chi connectivity index (χ3n) is 7.28. The highest BCUT2D eigenvalue weighted by Gasteiger charge is 2.36. The van der Waals surface area contributed by atoms with Crippen molar-refractivity contribution in [1.29, 1.82) is 0 Å². The highest BCUT2D eigenvalue weighted by Crippen LogP contribution is 2.34. The number of hydrogen-bond acceptors (Lipinski definition) is 7. The maximum absolute atomic E-state index is 13.4. The summed E-state index contributed by atoms with van der Waals surface area (Å²) in [6.07, 6.45) is 0. The summed E-state index contributed by atoms with van der Waals surface area (Å²) in [5.41, 5.74) is 3.38. The molecule has 1 aromatic heterocycles. The van der Waals surface area contributed by atoms with Crippen LogP contribution in [0.2, 0.25) is 0 Å². The number of ether oxygens (including phenoxy) is 1. The minimum atomic E-state index is -0.202. The van der Waals surface area contributed by atoms with E-state index in [4.69, 9.17) is 14.7 Å². The van der Waals surface area contributed by atoms with E-state index in [1.165, 1.54) is 0 Å². The number of rotatable bonds is 7. The molecule has 2 aliphatic heterocycles. The molecule has 0 aliphatic carbocycles. The summed E-state index contributed by atoms with van der Waals surface area (Å²) in [5, 5.41) is 3.67. The van der Waals surface area contributed by atoms with Crippen LogP contribution in [0.15, 0.2) is 54.6 Å². The molecule has 0 radical (unpaired) electrons. The summed E-state index contributed by atoms with van der Waals surface area (Å²) in [5.74, 6) is 1.93. The molecule has 9 heteroatoms. The van der Waals surface area contributed by atoms with Gasteiger partial charge in [0.25, 0.3) is 5.91 Å². The maximum Gasteiger partial charge on any atom is 0.273 e. The van der Waals surface area contributed by atoms with Crippen molar-refractivity contribution in [3.8, 4) is 5.75 Å². The van der Waals surface area contributed by atoms with Gasteiger partial charge in [-0.2, -0.15) is 4.98 Å². The van der Waals surface area contributed by atoms with Gasteiger partial charge in [-0.1, -0.05) is 42.5 Å². The number of carbonyl (C=O) groups is 2. The van der Waals surface area contributed by atoms with Crippen molar-refractivity contribution in [1.82, 2.24) is 19.8 Å². The van der Waals surface area contributed by atoms with Crippen LogP contribution in [0.3, 0.4) is 0 Å². The number of amides is 2. The van der Waals surface area contributed by atoms with Crippen LogP contribution in [0.25, 0.3) is 0 Å². The number of aromatic nitrogens is 2. The minimum absolute atomic E-state index is 0.0404. The first kappa shape index (κ1) is 25.5. The highest BCUT2D eigenvalue weighted by molar-refractivity contribution is 5.98. The van der Waals surface area contributed by atoms with E-state index >= 15 is 0 Å². The lowest BCUT2D eigenvalue weighted by Crippen LogP contribution is -2.48. The van der Waals surface area contributed by atoms with Gasteiger partial charge in [-0.25, -0.2) is 4.98 Å². The van der Waals surface area contributed by atoms with Gasteiger partial charge in [-0.05, 0) is 37.1 Å². The molecule has 9 nitrogen and oxygen atoms in total. The summed E-state index contributed by atoms with van der Waals surface area (Å²) < 4.78 is 5.37. The van der Waals surface area contributed by atoms with Crippen molar-refractivity contribution in [2.75, 3.05) is 43.5 Å². The molecule has 1 atom stereocenters. The van der Waals surface area contributed by atoms with E-state index in [0.29, 0.717) is 50.2 Å². The van der Waals surface area contributed by atoms with Crippen LogP contribution in [0.5, 0.6) is 5.75 Å². The molecule has 2 aromatic carbocycles. The Morgan fingerprint density at radius 1 is 0.947 bits per heavy atom. The first-order valence-electron chi connectivity index (χ1n) is 13.0. The normalized spacial score (nSPS) is 16.0. The van der Waals surface area contributed by atoms with Crippen LogP contribution < -0.4 is 15.0 Å². The molecule has 0 saturated carbocycles. The Bertz CT molecular complexity index is 1300. The van der Waals surface area contributed by atoms with Crippen molar-refractivity contribution >= 4 is 23.6 Å². The van der Waals surface area contributed by atoms with Crippen LogP contribution in [0.1, 0.15) is 54.0 Å². The first-order chi connectivity index (χ1) is 18.4. The summed E-state index contributed by atoms with van der Waals surface area (Å²) in [4.78, 5) is 40.7. The fraction of sp³-hybridized carbons (Fsp3) is 0.379. The molecule has 2 aliphatic rings. The van der Waals surface area contributed by atoms with E-state index in [-0.39, 0.29) is 23.9 Å². The third-order valence-corrected chi connectivity index (χ3v) is 7.28. The van der Waals surface area contributed by atoms with Crippen molar-refractivity contribution in [2.24, 2.45) is 0 Å². The van der Waals surface area contributed by atoms with Gasteiger partial charge < -0.3 is 24.8 Å². The average molecular weight is 515 g/mol. The van der Waals surface area contributed by atoms with Crippen molar-refractivity contribution in [2.45, 2.75) is 39.4 Å². The second-order valence-corrected chi connectivity index (χ2v) is 9.98. The molecule has 1 fully saturated rings. The van der Waals surface area contributed by atoms with Crippen LogP contribution >= 0.6 is 0 Å². The van der Waals surface area contributed by atoms with Crippen molar-refractivity contribution in [3.05, 3.63) is 77.0 Å². The fourth-order valence-electron chi connectivity index (χ4n) is 5.01. The lowest BCUT2D eigenvalue weighted by molar-refractivity contribution is -0.129. The van der Waals surface area contributed by atoms with Gasteiger partial charge in [-0.3, -0.25) is 9.59 Å². The Balaban J connectivity index is 1.55. The summed E-state index contributed by atoms with van der Waals surface area (Å²) in [6, 6.07) is 18.0. The van der Waals surface area contributed by atoms with Crippen molar-refractivity contribution in [3.63, 3.8) is 0 Å². The number of piperazine rings is 1. The smallest absolute Gasteiger partial charge is 0.273 e. The monoisotopic (exact) mass is 514 g/mol. The zero-order valence-corrected chi connectivity index (χ0v) is 22.3. The SMILES string of the molecule is COc1ccc(C(Nc2nc(N3CCN(C(C)=O)CC3)nc3c2CN(C(C)C)C3=O)c2ccccc2)cc1. The molecule has 3 aromatic rings. The first-order valence-corrected chi connectivity index (χ1v) is 13.0. The number of nitrogens with zero attached hydrogens (tertiary/aromatic N) is 5. The molecular formula is C29H34N6O3. The van der Waals surface area contributed by atoms with Crippen LogP contribution in [0.4, 0.5) is 11.8 Å². The van der Waals surface area contributed by atoms with Gasteiger partial charge in [-0.15, -0.1) is 0 Å². The zero-order chi connectivity index (χ0) is 26.8. The Labute approximate surface area is 223 Å². The maximum atomic E-state index is 13.4. The van der Waals surface area contributed by atoms with E-state index in [1.807, 2.05) is 66.1 Å². The second kappa shape index (κ2) is 10.7. The molecule has 3 heterocycles. The molecule has 38 heavy (non-hydrogen) atoms. The topological polar surface area (TPSA) is 90.9 Å². The molecule has 1 saturated heterocycles. The lowest BCUT2D eigenvalue weighted by atomic mass is 9.98. The number of nitrogens with one attached hydrogen (secondary N) is 1. The summed E-state index contributed by atoms with van der Waals surface area (Å²) in [6.45, 7) is 8.49. The number of anilines is 2. The van der Waals surface area contributed by atoms with E-state index in [1.54, 1.807) is 14.0 Å². The number of hydrogen-bond donors (Lipinski definition) is 1. The molecule has 2 amide bonds. The molecular weight excluding hydrogens is 480 g/mol. The lowest BCUT2D eigenvalue weighted by Gasteiger charge is -2.34. The zero-order valence-electron chi connectivity index (χ0n) is 22.3. The Kier molecular flexibility index (Phi) is 7.18. The minimum Gasteiger partial charge on any atom is -0.497 e. The largest absolute Gasteiger partial charge is 0.497 e. The number of fused-ring (bicyclic) bond motifs is 1. The van der Waals surface area contributed by atoms with Gasteiger partial charge in [0.15, 0.2) is 0 Å². The molecule has 0 bridgehead atoms. The van der Waals surface area contributed by atoms with Gasteiger partial charge in [0, 0.05) is 44.7 Å². The van der Waals surface area contributed by atoms with Crippen LogP contribution in [-0.2, 0) is 11.3 Å². The predicted molar refractivity (Wildman–Crippen MR) is 146 cm³/mol. The average Bonchev–Trinajstić information content (AvgIpc) is 3.29. The Morgan fingerprint density at radius 3 is 2.21 bits per heavy atom. The van der Waals surface area contributed by atoms with Gasteiger partial charge in [0.1, 0.15) is 17.3 Å². The van der Waals surface area contributed by atoms with Gasteiger partial charge >= 0.3 is 0 Å². The second-order valence-electron chi connectivity index (χ2n) is 9.98. The Hall–Kier alpha value is -4.14. The van der Waals surface area contributed by atoms with Crippen molar-refractivity contribution < 1.29 is 14.3 Å². The molecule has 0 spiro atoms. The summed E-state index contributed by atoms with van der Waals surface area (Å²) >= 11 is 0. The molecule has 1 N–H and O–H groups in total. The highest BCUT2D eigenvalue weighted by atomic mass is 16.5. The standard InChI is InChI=1S/C29H34N6O3/c1-19(2)35-18-24-26(28(35)37)31-29(34-16-14-33(15-17-34)20(3)36)32-27(24)30-25(21-8-6-5-7-9-21)22-10-12-23(38-4)13-11-22/h5-13,19,25H,14-18H2,1-4H3,(H,30,31,32). The van der Waals surface area contributed by atoms with Crippen LogP contribution in [-0.4, -0.2) is 70.9 Å². The molecule has 198 valence electrons. The summed E-state index contributed by atoms with van der Waals surface area (Å²) in [7, 11) is 1.65. The number of carbonyl (C=O) groups excluding carboxylic acids is 2. The predicted octanol–water partition coefficient (Wildman–Crippen LogP) is 3.72. The van der Waals surface area contributed by atoms with Gasteiger partial charge in [0.2, 0.25) is 11.9 Å². The fourth-order valence-corrected chi connectivity index (χ4v) is 5.01. The quantitative estimate of drug-likeness (QED) is 0.514. The van der Waals surface area contributed by atoms with E-state index in [9.17, 15) is 9.59 Å². The molecule has 1 unspecified atom stereocenters. The Morgan fingerprint density at radius 2 is 1.61 bits per heavy atom. The number of benzene rings is 2. The van der Waals surface area contributed by atoms with E-state index in [2.05, 4.69) is 22.3 Å². The third kappa shape index (κ3) is 5.01. The van der Waals surface area contributed by atoms with E-state index in [0.717, 1.165) is 22.4 Å². The van der Waals surface area contributed by atoms with Crippen LogP contribution in [0, 0.1) is 0 Å². The number of methoxy groups -OCH3 is 1. The van der Waals surface area contributed by atoms with Gasteiger partial charge in [0.05, 0.1) is 19.7 Å². The van der Waals surface area contributed by atoms with E-state index < -0.39 is 0 Å².